The number of aromatic nitrogens is 2. The van der Waals surface area contributed by atoms with Crippen molar-refractivity contribution in [3.05, 3.63) is 42.1 Å². The number of rotatable bonds is 4. The lowest BCUT2D eigenvalue weighted by Gasteiger charge is -2.27. The number of hydrogen-bond donors (Lipinski definition) is 0. The third kappa shape index (κ3) is 3.68. The Bertz CT molecular complexity index is 694. The van der Waals surface area contributed by atoms with Gasteiger partial charge in [-0.3, -0.25) is 0 Å². The lowest BCUT2D eigenvalue weighted by Crippen LogP contribution is -2.37. The number of methoxy groups -OCH3 is 1. The zero-order valence-corrected chi connectivity index (χ0v) is 13.5. The SMILES string of the molecule is C/C=C/c1cc(-c2cccc(OC)c2)nc(N2CCOCC2)n1. The summed E-state index contributed by atoms with van der Waals surface area (Å²) in [5.41, 5.74) is 2.82. The Labute approximate surface area is 136 Å². The van der Waals surface area contributed by atoms with Crippen molar-refractivity contribution in [1.82, 2.24) is 9.97 Å². The summed E-state index contributed by atoms with van der Waals surface area (Å²) in [5, 5.41) is 0. The van der Waals surface area contributed by atoms with Gasteiger partial charge in [0.25, 0.3) is 0 Å². The number of benzene rings is 1. The molecule has 1 fully saturated rings. The first-order valence-corrected chi connectivity index (χ1v) is 7.79. The summed E-state index contributed by atoms with van der Waals surface area (Å²) >= 11 is 0. The lowest BCUT2D eigenvalue weighted by atomic mass is 10.1. The van der Waals surface area contributed by atoms with Crippen LogP contribution >= 0.6 is 0 Å². The minimum absolute atomic E-state index is 0.714. The molecule has 2 aromatic rings. The summed E-state index contributed by atoms with van der Waals surface area (Å²) in [5.74, 6) is 1.57. The summed E-state index contributed by atoms with van der Waals surface area (Å²) in [6, 6.07) is 9.93. The first-order chi connectivity index (χ1) is 11.3. The van der Waals surface area contributed by atoms with Gasteiger partial charge in [0, 0.05) is 18.7 Å². The number of ether oxygens (including phenoxy) is 2. The largest absolute Gasteiger partial charge is 0.497 e. The molecule has 5 heteroatoms. The van der Waals surface area contributed by atoms with Crippen LogP contribution < -0.4 is 9.64 Å². The molecular formula is C18H21N3O2. The third-order valence-electron chi connectivity index (χ3n) is 3.73. The maximum absolute atomic E-state index is 5.42. The van der Waals surface area contributed by atoms with Gasteiger partial charge in [-0.05, 0) is 31.2 Å². The summed E-state index contributed by atoms with van der Waals surface area (Å²) in [6.45, 7) is 5.05. The quantitative estimate of drug-likeness (QED) is 0.868. The molecule has 0 amide bonds. The summed E-state index contributed by atoms with van der Waals surface area (Å²) < 4.78 is 10.7. The van der Waals surface area contributed by atoms with E-state index in [1.54, 1.807) is 7.11 Å². The van der Waals surface area contributed by atoms with E-state index in [-0.39, 0.29) is 0 Å². The minimum Gasteiger partial charge on any atom is -0.497 e. The number of nitrogens with zero attached hydrogens (tertiary/aromatic N) is 3. The van der Waals surface area contributed by atoms with Gasteiger partial charge >= 0.3 is 0 Å². The fraction of sp³-hybridized carbons (Fsp3) is 0.333. The van der Waals surface area contributed by atoms with Crippen molar-refractivity contribution in [3.63, 3.8) is 0 Å². The van der Waals surface area contributed by atoms with Crippen LogP contribution in [0.15, 0.2) is 36.4 Å². The van der Waals surface area contributed by atoms with Gasteiger partial charge in [-0.1, -0.05) is 18.2 Å². The molecule has 120 valence electrons. The van der Waals surface area contributed by atoms with Crippen LogP contribution in [0.1, 0.15) is 12.6 Å². The fourth-order valence-electron chi connectivity index (χ4n) is 2.54. The van der Waals surface area contributed by atoms with Crippen LogP contribution in [0.25, 0.3) is 17.3 Å². The van der Waals surface area contributed by atoms with E-state index in [4.69, 9.17) is 14.5 Å². The van der Waals surface area contributed by atoms with E-state index in [1.165, 1.54) is 0 Å². The summed E-state index contributed by atoms with van der Waals surface area (Å²) in [6.07, 6.45) is 3.98. The fourth-order valence-corrected chi connectivity index (χ4v) is 2.54. The number of anilines is 1. The van der Waals surface area contributed by atoms with Crippen LogP contribution in [0, 0.1) is 0 Å². The summed E-state index contributed by atoms with van der Waals surface area (Å²) in [7, 11) is 1.67. The highest BCUT2D eigenvalue weighted by Gasteiger charge is 2.16. The smallest absolute Gasteiger partial charge is 0.226 e. The molecule has 0 atom stereocenters. The van der Waals surface area contributed by atoms with Crippen molar-refractivity contribution < 1.29 is 9.47 Å². The minimum atomic E-state index is 0.714. The van der Waals surface area contributed by atoms with E-state index in [0.717, 1.165) is 41.7 Å². The summed E-state index contributed by atoms with van der Waals surface area (Å²) in [4.78, 5) is 11.6. The Kier molecular flexibility index (Phi) is 4.88. The highest BCUT2D eigenvalue weighted by Crippen LogP contribution is 2.25. The van der Waals surface area contributed by atoms with Crippen molar-refractivity contribution in [1.29, 1.82) is 0 Å². The molecule has 1 aliphatic heterocycles. The molecule has 0 spiro atoms. The van der Waals surface area contributed by atoms with Crippen LogP contribution in [-0.4, -0.2) is 43.4 Å². The Morgan fingerprint density at radius 3 is 2.74 bits per heavy atom. The van der Waals surface area contributed by atoms with Crippen LogP contribution in [-0.2, 0) is 4.74 Å². The van der Waals surface area contributed by atoms with E-state index in [9.17, 15) is 0 Å². The highest BCUT2D eigenvalue weighted by molar-refractivity contribution is 5.65. The van der Waals surface area contributed by atoms with E-state index >= 15 is 0 Å². The van der Waals surface area contributed by atoms with E-state index in [2.05, 4.69) is 9.88 Å². The third-order valence-corrected chi connectivity index (χ3v) is 3.73. The molecule has 0 N–H and O–H groups in total. The van der Waals surface area contributed by atoms with E-state index < -0.39 is 0 Å². The zero-order chi connectivity index (χ0) is 16.1. The maximum Gasteiger partial charge on any atom is 0.226 e. The number of morpholine rings is 1. The van der Waals surface area contributed by atoms with Gasteiger partial charge in [0.05, 0.1) is 31.7 Å². The average molecular weight is 311 g/mol. The molecule has 3 rings (SSSR count). The highest BCUT2D eigenvalue weighted by atomic mass is 16.5. The first-order valence-electron chi connectivity index (χ1n) is 7.79. The van der Waals surface area contributed by atoms with Crippen molar-refractivity contribution in [3.8, 4) is 17.0 Å². The first kappa shape index (κ1) is 15.5. The van der Waals surface area contributed by atoms with Crippen molar-refractivity contribution in [2.45, 2.75) is 6.92 Å². The second-order valence-corrected chi connectivity index (χ2v) is 5.31. The second kappa shape index (κ2) is 7.24. The molecule has 1 aromatic heterocycles. The molecule has 0 bridgehead atoms. The van der Waals surface area contributed by atoms with Gasteiger partial charge in [-0.25, -0.2) is 9.97 Å². The predicted octanol–water partition coefficient (Wildman–Crippen LogP) is 3.02. The molecule has 0 saturated carbocycles. The molecule has 23 heavy (non-hydrogen) atoms. The number of allylic oxidation sites excluding steroid dienone is 1. The molecule has 5 nitrogen and oxygen atoms in total. The Morgan fingerprint density at radius 1 is 1.17 bits per heavy atom. The van der Waals surface area contributed by atoms with E-state index in [1.807, 2.05) is 49.4 Å². The molecule has 1 saturated heterocycles. The van der Waals surface area contributed by atoms with Gasteiger partial charge in [0.15, 0.2) is 0 Å². The average Bonchev–Trinajstić information content (AvgIpc) is 2.62. The van der Waals surface area contributed by atoms with Gasteiger partial charge in [0.2, 0.25) is 5.95 Å². The Morgan fingerprint density at radius 2 is 2.00 bits per heavy atom. The lowest BCUT2D eigenvalue weighted by molar-refractivity contribution is 0.122. The van der Waals surface area contributed by atoms with Crippen LogP contribution in [0.2, 0.25) is 0 Å². The van der Waals surface area contributed by atoms with Crippen molar-refractivity contribution in [2.24, 2.45) is 0 Å². The molecular weight excluding hydrogens is 290 g/mol. The van der Waals surface area contributed by atoms with Gasteiger partial charge < -0.3 is 14.4 Å². The molecule has 0 aliphatic carbocycles. The molecule has 1 aliphatic rings. The maximum atomic E-state index is 5.42. The van der Waals surface area contributed by atoms with Gasteiger partial charge in [-0.15, -0.1) is 0 Å². The Hall–Kier alpha value is -2.40. The van der Waals surface area contributed by atoms with Crippen LogP contribution in [0.3, 0.4) is 0 Å². The van der Waals surface area contributed by atoms with Crippen molar-refractivity contribution >= 4 is 12.0 Å². The molecule has 2 heterocycles. The topological polar surface area (TPSA) is 47.5 Å². The van der Waals surface area contributed by atoms with Crippen molar-refractivity contribution in [2.75, 3.05) is 38.3 Å². The standard InChI is InChI=1S/C18H21N3O2/c1-3-5-15-13-17(14-6-4-7-16(12-14)22-2)20-18(19-15)21-8-10-23-11-9-21/h3-7,12-13H,8-11H2,1-2H3/b5-3+. The molecule has 1 aromatic carbocycles. The second-order valence-electron chi connectivity index (χ2n) is 5.31. The zero-order valence-electron chi connectivity index (χ0n) is 13.5. The van der Waals surface area contributed by atoms with Gasteiger partial charge in [0.1, 0.15) is 5.75 Å². The molecule has 0 radical (unpaired) electrons. The molecule has 0 unspecified atom stereocenters. The van der Waals surface area contributed by atoms with Gasteiger partial charge in [-0.2, -0.15) is 0 Å². The monoisotopic (exact) mass is 311 g/mol. The number of hydrogen-bond acceptors (Lipinski definition) is 5. The Balaban J connectivity index is 2.02. The van der Waals surface area contributed by atoms with E-state index in [0.29, 0.717) is 13.2 Å². The van der Waals surface area contributed by atoms with Crippen LogP contribution in [0.5, 0.6) is 5.75 Å². The predicted molar refractivity (Wildman–Crippen MR) is 91.8 cm³/mol. The normalized spacial score (nSPS) is 15.1. The van der Waals surface area contributed by atoms with Crippen LogP contribution in [0.4, 0.5) is 5.95 Å².